The van der Waals surface area contributed by atoms with Crippen LogP contribution in [0.25, 0.3) is 0 Å². The van der Waals surface area contributed by atoms with Crippen molar-refractivity contribution in [3.8, 4) is 0 Å². The lowest BCUT2D eigenvalue weighted by Gasteiger charge is -2.08. The summed E-state index contributed by atoms with van der Waals surface area (Å²) in [5.41, 5.74) is 0.160. The molecule has 5 N–H and O–H groups in total. The largest absolute Gasteiger partial charge is 0.338 e. The zero-order valence-corrected chi connectivity index (χ0v) is 11.4. The van der Waals surface area contributed by atoms with Gasteiger partial charge in [0.1, 0.15) is 0 Å². The number of H-pyrrole nitrogens is 1. The van der Waals surface area contributed by atoms with Crippen molar-refractivity contribution in [3.05, 3.63) is 22.1 Å². The number of nitrogens with zero attached hydrogens (tertiary/aromatic N) is 1. The molecule has 1 rings (SSSR count). The molecular formula is C11H18N6O3. The molecule has 9 nitrogen and oxygen atoms in total. The van der Waals surface area contributed by atoms with E-state index in [1.165, 1.54) is 6.07 Å². The quantitative estimate of drug-likeness (QED) is 0.467. The molecule has 0 aromatic carbocycles. The summed E-state index contributed by atoms with van der Waals surface area (Å²) in [6, 6.07) is 0.509. The maximum absolute atomic E-state index is 11.5. The van der Waals surface area contributed by atoms with E-state index in [-0.39, 0.29) is 30.6 Å². The molecule has 0 spiro atoms. The van der Waals surface area contributed by atoms with E-state index in [4.69, 9.17) is 0 Å². The Morgan fingerprint density at radius 2 is 1.85 bits per heavy atom. The molecule has 9 heteroatoms. The summed E-state index contributed by atoms with van der Waals surface area (Å²) in [4.78, 5) is 40.0. The van der Waals surface area contributed by atoms with E-state index in [0.29, 0.717) is 12.2 Å². The fourth-order valence-electron chi connectivity index (χ4n) is 1.37. The molecule has 110 valence electrons. The van der Waals surface area contributed by atoms with Gasteiger partial charge in [0.05, 0.1) is 0 Å². The van der Waals surface area contributed by atoms with E-state index in [2.05, 4.69) is 31.2 Å². The molecular weight excluding hydrogens is 264 g/mol. The van der Waals surface area contributed by atoms with Crippen LogP contribution in [0, 0.1) is 6.92 Å². The number of urea groups is 2. The maximum atomic E-state index is 11.5. The first-order valence-electron chi connectivity index (χ1n) is 6.15. The maximum Gasteiger partial charge on any atom is 0.321 e. The fraction of sp³-hybridized carbons (Fsp3) is 0.455. The molecule has 0 aliphatic heterocycles. The number of carbonyl (C=O) groups excluding carboxylic acids is 2. The average Bonchev–Trinajstić information content (AvgIpc) is 2.33. The Morgan fingerprint density at radius 1 is 1.20 bits per heavy atom. The third kappa shape index (κ3) is 5.85. The minimum Gasteiger partial charge on any atom is -0.338 e. The lowest BCUT2D eigenvalue weighted by atomic mass is 10.4. The first-order valence-corrected chi connectivity index (χ1v) is 6.15. The Kier molecular flexibility index (Phi) is 6.01. The average molecular weight is 282 g/mol. The van der Waals surface area contributed by atoms with Crippen LogP contribution in [-0.4, -0.2) is 41.7 Å². The lowest BCUT2D eigenvalue weighted by Crippen LogP contribution is -2.41. The number of anilines is 1. The Hall–Kier alpha value is -2.58. The van der Waals surface area contributed by atoms with Crippen LogP contribution in [0.1, 0.15) is 12.6 Å². The zero-order valence-electron chi connectivity index (χ0n) is 11.4. The third-order valence-corrected chi connectivity index (χ3v) is 2.14. The normalized spacial score (nSPS) is 9.70. The molecule has 0 atom stereocenters. The van der Waals surface area contributed by atoms with Crippen molar-refractivity contribution in [3.63, 3.8) is 0 Å². The summed E-state index contributed by atoms with van der Waals surface area (Å²) >= 11 is 0. The van der Waals surface area contributed by atoms with Gasteiger partial charge < -0.3 is 16.0 Å². The highest BCUT2D eigenvalue weighted by molar-refractivity contribution is 5.87. The number of hydrogen-bond donors (Lipinski definition) is 5. The van der Waals surface area contributed by atoms with E-state index in [0.717, 1.165) is 0 Å². The minimum atomic E-state index is -0.517. The van der Waals surface area contributed by atoms with Gasteiger partial charge >= 0.3 is 12.1 Å². The van der Waals surface area contributed by atoms with E-state index in [1.54, 1.807) is 13.8 Å². The predicted octanol–water partition coefficient (Wildman–Crippen LogP) is -0.481. The van der Waals surface area contributed by atoms with Gasteiger partial charge in [-0.15, -0.1) is 0 Å². The highest BCUT2D eigenvalue weighted by atomic mass is 16.2. The number of hydrogen-bond acceptors (Lipinski definition) is 4. The second kappa shape index (κ2) is 7.77. The fourth-order valence-corrected chi connectivity index (χ4v) is 1.37. The lowest BCUT2D eigenvalue weighted by molar-refractivity contribution is 0.240. The Balaban J connectivity index is 2.30. The standard InChI is InChI=1S/C11H18N6O3/c1-3-12-10(19)13-4-5-14-11(20)17-9-15-7(2)6-8(18)16-9/h6H,3-5H2,1-2H3,(H2,12,13,19)(H3,14,15,16,17,18,20). The molecule has 0 bridgehead atoms. The summed E-state index contributed by atoms with van der Waals surface area (Å²) in [7, 11) is 0. The van der Waals surface area contributed by atoms with Gasteiger partial charge in [0.2, 0.25) is 5.95 Å². The molecule has 20 heavy (non-hydrogen) atoms. The molecule has 1 aromatic rings. The van der Waals surface area contributed by atoms with Crippen LogP contribution in [0.5, 0.6) is 0 Å². The highest BCUT2D eigenvalue weighted by Crippen LogP contribution is 1.94. The molecule has 4 amide bonds. The molecule has 0 unspecified atom stereocenters. The second-order valence-electron chi connectivity index (χ2n) is 3.90. The van der Waals surface area contributed by atoms with Crippen LogP contribution in [0.3, 0.4) is 0 Å². The van der Waals surface area contributed by atoms with E-state index >= 15 is 0 Å². The van der Waals surface area contributed by atoms with Crippen LogP contribution in [0.2, 0.25) is 0 Å². The molecule has 0 aliphatic rings. The minimum absolute atomic E-state index is 0.0733. The van der Waals surface area contributed by atoms with Crippen molar-refractivity contribution < 1.29 is 9.59 Å². The van der Waals surface area contributed by atoms with Crippen LogP contribution < -0.4 is 26.8 Å². The van der Waals surface area contributed by atoms with Gasteiger partial charge in [-0.3, -0.25) is 15.1 Å². The van der Waals surface area contributed by atoms with Crippen molar-refractivity contribution in [2.75, 3.05) is 25.0 Å². The van der Waals surface area contributed by atoms with Crippen molar-refractivity contribution in [1.82, 2.24) is 25.9 Å². The number of carbonyl (C=O) groups is 2. The first kappa shape index (κ1) is 15.5. The van der Waals surface area contributed by atoms with E-state index in [1.807, 2.05) is 0 Å². The summed E-state index contributed by atoms with van der Waals surface area (Å²) in [6.07, 6.45) is 0. The molecule has 1 heterocycles. The van der Waals surface area contributed by atoms with Gasteiger partial charge in [0.15, 0.2) is 0 Å². The molecule has 0 aliphatic carbocycles. The van der Waals surface area contributed by atoms with Gasteiger partial charge in [0.25, 0.3) is 5.56 Å². The van der Waals surface area contributed by atoms with Gasteiger partial charge in [-0.05, 0) is 13.8 Å². The van der Waals surface area contributed by atoms with E-state index in [9.17, 15) is 14.4 Å². The number of aromatic nitrogens is 2. The predicted molar refractivity (Wildman–Crippen MR) is 73.7 cm³/mol. The van der Waals surface area contributed by atoms with Crippen molar-refractivity contribution >= 4 is 18.0 Å². The molecule has 0 fully saturated rings. The SMILES string of the molecule is CCNC(=O)NCCNC(=O)Nc1nc(C)cc(=O)[nH]1. The summed E-state index contributed by atoms with van der Waals surface area (Å²) in [5, 5.41) is 10.0. The molecule has 0 saturated carbocycles. The number of aryl methyl sites for hydroxylation is 1. The molecule has 0 saturated heterocycles. The van der Waals surface area contributed by atoms with Gasteiger partial charge in [-0.25, -0.2) is 14.6 Å². The van der Waals surface area contributed by atoms with Crippen LogP contribution >= 0.6 is 0 Å². The van der Waals surface area contributed by atoms with Gasteiger partial charge in [-0.2, -0.15) is 0 Å². The second-order valence-corrected chi connectivity index (χ2v) is 3.90. The summed E-state index contributed by atoms with van der Waals surface area (Å²) < 4.78 is 0. The highest BCUT2D eigenvalue weighted by Gasteiger charge is 2.04. The number of amides is 4. The van der Waals surface area contributed by atoms with Gasteiger partial charge in [-0.1, -0.05) is 0 Å². The van der Waals surface area contributed by atoms with Crippen molar-refractivity contribution in [1.29, 1.82) is 0 Å². The molecule has 0 radical (unpaired) electrons. The van der Waals surface area contributed by atoms with Gasteiger partial charge in [0, 0.05) is 31.4 Å². The van der Waals surface area contributed by atoms with Crippen molar-refractivity contribution in [2.24, 2.45) is 0 Å². The number of aromatic amines is 1. The van der Waals surface area contributed by atoms with Crippen LogP contribution in [-0.2, 0) is 0 Å². The van der Waals surface area contributed by atoms with Crippen LogP contribution in [0.15, 0.2) is 10.9 Å². The Bertz CT molecular complexity index is 527. The Labute approximate surface area is 115 Å². The number of nitrogens with one attached hydrogen (secondary N) is 5. The monoisotopic (exact) mass is 282 g/mol. The number of rotatable bonds is 5. The van der Waals surface area contributed by atoms with Crippen molar-refractivity contribution in [2.45, 2.75) is 13.8 Å². The van der Waals surface area contributed by atoms with Crippen LogP contribution in [0.4, 0.5) is 15.5 Å². The smallest absolute Gasteiger partial charge is 0.321 e. The summed E-state index contributed by atoms with van der Waals surface area (Å²) in [5.74, 6) is 0.0733. The molecule has 1 aromatic heterocycles. The first-order chi connectivity index (χ1) is 9.51. The Morgan fingerprint density at radius 3 is 2.45 bits per heavy atom. The topological polar surface area (TPSA) is 128 Å². The summed E-state index contributed by atoms with van der Waals surface area (Å²) in [6.45, 7) is 4.53. The zero-order chi connectivity index (χ0) is 15.0. The third-order valence-electron chi connectivity index (χ3n) is 2.14. The van der Waals surface area contributed by atoms with E-state index < -0.39 is 6.03 Å².